The first kappa shape index (κ1) is 13.0. The Morgan fingerprint density at radius 3 is 0.846 bits per heavy atom. The summed E-state index contributed by atoms with van der Waals surface area (Å²) in [6.45, 7) is 0. The Kier molecular flexibility index (Phi) is 10.1. The summed E-state index contributed by atoms with van der Waals surface area (Å²) in [5.41, 5.74) is 0. The summed E-state index contributed by atoms with van der Waals surface area (Å²) in [7, 11) is 0. The molecule has 0 atom stereocenters. The van der Waals surface area contributed by atoms with Crippen LogP contribution in [0, 0.1) is 12.1 Å². The molecule has 2 rings (SSSR count). The van der Waals surface area contributed by atoms with Crippen LogP contribution in [0.15, 0.2) is 60.7 Å². The quantitative estimate of drug-likeness (QED) is 0.517. The van der Waals surface area contributed by atoms with E-state index in [2.05, 4.69) is 12.1 Å². The third kappa shape index (κ3) is 8.34. The zero-order valence-electron chi connectivity index (χ0n) is 7.48. The summed E-state index contributed by atoms with van der Waals surface area (Å²) in [5, 5.41) is 0. The molecule has 13 heavy (non-hydrogen) atoms. The molecule has 0 aromatic heterocycles. The molecule has 0 saturated heterocycles. The molecule has 0 bridgehead atoms. The molecule has 2 aromatic rings. The van der Waals surface area contributed by atoms with Crippen molar-refractivity contribution < 1.29 is 0 Å². The van der Waals surface area contributed by atoms with Crippen LogP contribution in [0.3, 0.4) is 0 Å². The molecule has 0 heterocycles. The normalized spacial score (nSPS) is 7.38. The summed E-state index contributed by atoms with van der Waals surface area (Å²) in [5.74, 6) is 0. The van der Waals surface area contributed by atoms with E-state index in [0.717, 1.165) is 0 Å². The maximum atomic E-state index is 2.89. The molecule has 0 fully saturated rings. The van der Waals surface area contributed by atoms with Crippen LogP contribution >= 0.6 is 0 Å². The largest absolute Gasteiger partial charge is 2.00 e. The molecule has 60 valence electrons. The Hall–Kier alpha value is 0.0114. The van der Waals surface area contributed by atoms with Gasteiger partial charge in [-0.1, -0.05) is 0 Å². The predicted octanol–water partition coefficient (Wildman–Crippen LogP) is 2.59. The first-order valence-corrected chi connectivity index (χ1v) is 3.82. The molecule has 0 N–H and O–H groups in total. The van der Waals surface area contributed by atoms with Gasteiger partial charge in [0.15, 0.2) is 0 Å². The van der Waals surface area contributed by atoms with Gasteiger partial charge in [0, 0.05) is 0 Å². The van der Waals surface area contributed by atoms with Crippen LogP contribution in [0.1, 0.15) is 0 Å². The fraction of sp³-hybridized carbons (Fsp3) is 0. The van der Waals surface area contributed by atoms with Crippen LogP contribution in [-0.2, 0) is 0 Å². The number of rotatable bonds is 0. The van der Waals surface area contributed by atoms with E-state index in [-0.39, 0.29) is 48.9 Å². The Bertz CT molecular complexity index is 181. The Labute approximate surface area is 120 Å². The van der Waals surface area contributed by atoms with Crippen molar-refractivity contribution in [1.29, 1.82) is 0 Å². The van der Waals surface area contributed by atoms with Crippen LogP contribution in [0.25, 0.3) is 0 Å². The van der Waals surface area contributed by atoms with Crippen molar-refractivity contribution >= 4 is 48.9 Å². The SMILES string of the molecule is [Ba+2].[c-]1ccccc1.[c-]1ccccc1. The van der Waals surface area contributed by atoms with E-state index < -0.39 is 0 Å². The van der Waals surface area contributed by atoms with E-state index in [1.807, 2.05) is 60.7 Å². The molecule has 2 aromatic carbocycles. The van der Waals surface area contributed by atoms with Crippen molar-refractivity contribution in [2.24, 2.45) is 0 Å². The van der Waals surface area contributed by atoms with Crippen molar-refractivity contribution in [2.45, 2.75) is 0 Å². The number of hydrogen-bond donors (Lipinski definition) is 0. The summed E-state index contributed by atoms with van der Waals surface area (Å²) in [6.07, 6.45) is 0. The van der Waals surface area contributed by atoms with Crippen LogP contribution in [0.2, 0.25) is 0 Å². The Morgan fingerprint density at radius 1 is 0.462 bits per heavy atom. The topological polar surface area (TPSA) is 0 Å². The number of benzene rings is 2. The first-order chi connectivity index (χ1) is 6.00. The standard InChI is InChI=1S/2C6H5.Ba/c2*1-2-4-6-5-3-1;/h2*1-5H;/q2*-1;+2. The van der Waals surface area contributed by atoms with Crippen molar-refractivity contribution in [1.82, 2.24) is 0 Å². The van der Waals surface area contributed by atoms with Gasteiger partial charge in [0.1, 0.15) is 0 Å². The van der Waals surface area contributed by atoms with Crippen molar-refractivity contribution in [3.63, 3.8) is 0 Å². The van der Waals surface area contributed by atoms with Gasteiger partial charge in [-0.2, -0.15) is 72.8 Å². The third-order valence-electron chi connectivity index (χ3n) is 1.21. The molecule has 0 aliphatic carbocycles. The molecule has 0 nitrogen and oxygen atoms in total. The van der Waals surface area contributed by atoms with Gasteiger partial charge in [0.05, 0.1) is 0 Å². The van der Waals surface area contributed by atoms with Gasteiger partial charge < -0.3 is 0 Å². The molecule has 0 aliphatic rings. The molecule has 0 spiro atoms. The monoisotopic (exact) mass is 292 g/mol. The zero-order chi connectivity index (χ0) is 8.49. The number of hydrogen-bond acceptors (Lipinski definition) is 0. The summed E-state index contributed by atoms with van der Waals surface area (Å²) >= 11 is 0. The molecular formula is C12H10Ba. The summed E-state index contributed by atoms with van der Waals surface area (Å²) in [4.78, 5) is 0. The minimum atomic E-state index is 0. The second-order valence-electron chi connectivity index (χ2n) is 2.15. The minimum Gasteiger partial charge on any atom is -0.184 e. The van der Waals surface area contributed by atoms with E-state index in [9.17, 15) is 0 Å². The predicted molar refractivity (Wildman–Crippen MR) is 56.3 cm³/mol. The van der Waals surface area contributed by atoms with Crippen LogP contribution in [0.4, 0.5) is 0 Å². The second kappa shape index (κ2) is 10.1. The first-order valence-electron chi connectivity index (χ1n) is 3.82. The van der Waals surface area contributed by atoms with E-state index >= 15 is 0 Å². The van der Waals surface area contributed by atoms with E-state index in [0.29, 0.717) is 0 Å². The maximum Gasteiger partial charge on any atom is 2.00 e. The van der Waals surface area contributed by atoms with Crippen LogP contribution in [-0.4, -0.2) is 48.9 Å². The van der Waals surface area contributed by atoms with E-state index in [1.54, 1.807) is 0 Å². The van der Waals surface area contributed by atoms with Crippen molar-refractivity contribution in [3.8, 4) is 0 Å². The average molecular weight is 292 g/mol. The fourth-order valence-electron chi connectivity index (χ4n) is 0.684. The van der Waals surface area contributed by atoms with Gasteiger partial charge in [-0.3, -0.25) is 0 Å². The van der Waals surface area contributed by atoms with Crippen LogP contribution < -0.4 is 0 Å². The van der Waals surface area contributed by atoms with Gasteiger partial charge >= 0.3 is 48.9 Å². The van der Waals surface area contributed by atoms with Gasteiger partial charge in [0.25, 0.3) is 0 Å². The smallest absolute Gasteiger partial charge is 0.184 e. The van der Waals surface area contributed by atoms with Gasteiger partial charge in [-0.05, 0) is 0 Å². The summed E-state index contributed by atoms with van der Waals surface area (Å²) < 4.78 is 0. The summed E-state index contributed by atoms with van der Waals surface area (Å²) in [6, 6.07) is 25.0. The van der Waals surface area contributed by atoms with Gasteiger partial charge in [0.2, 0.25) is 0 Å². The molecule has 0 radical (unpaired) electrons. The molecule has 0 saturated carbocycles. The second-order valence-corrected chi connectivity index (χ2v) is 2.15. The molecule has 0 unspecified atom stereocenters. The zero-order valence-corrected chi connectivity index (χ0v) is 11.9. The molecular weight excluding hydrogens is 281 g/mol. The Balaban J connectivity index is 0.000000206. The van der Waals surface area contributed by atoms with Crippen LogP contribution in [0.5, 0.6) is 0 Å². The Morgan fingerprint density at radius 2 is 0.769 bits per heavy atom. The molecule has 1 heteroatoms. The van der Waals surface area contributed by atoms with Crippen molar-refractivity contribution in [3.05, 3.63) is 72.8 Å². The van der Waals surface area contributed by atoms with E-state index in [4.69, 9.17) is 0 Å². The van der Waals surface area contributed by atoms with Crippen molar-refractivity contribution in [2.75, 3.05) is 0 Å². The average Bonchev–Trinajstić information content (AvgIpc) is 2.24. The molecule has 0 aliphatic heterocycles. The van der Waals surface area contributed by atoms with E-state index in [1.165, 1.54) is 0 Å². The van der Waals surface area contributed by atoms with Gasteiger partial charge in [-0.25, -0.2) is 0 Å². The third-order valence-corrected chi connectivity index (χ3v) is 1.21. The maximum absolute atomic E-state index is 2.89. The minimum absolute atomic E-state index is 0. The van der Waals surface area contributed by atoms with Gasteiger partial charge in [-0.15, -0.1) is 0 Å². The fourth-order valence-corrected chi connectivity index (χ4v) is 0.684. The molecule has 0 amide bonds.